The van der Waals surface area contributed by atoms with Gasteiger partial charge in [-0.3, -0.25) is 0 Å². The van der Waals surface area contributed by atoms with E-state index < -0.39 is 11.2 Å². The zero-order valence-electron chi connectivity index (χ0n) is 11.6. The van der Waals surface area contributed by atoms with E-state index in [4.69, 9.17) is 0 Å². The van der Waals surface area contributed by atoms with Crippen molar-refractivity contribution in [3.8, 4) is 0 Å². The fraction of sp³-hybridized carbons (Fsp3) is 1.00. The van der Waals surface area contributed by atoms with Crippen molar-refractivity contribution in [2.45, 2.75) is 71.0 Å². The number of aliphatic hydroxyl groups is 2. The quantitative estimate of drug-likeness (QED) is 0.681. The Morgan fingerprint density at radius 1 is 1.00 bits per heavy atom. The molecule has 0 aliphatic heterocycles. The van der Waals surface area contributed by atoms with Crippen LogP contribution in [0.25, 0.3) is 0 Å². The van der Waals surface area contributed by atoms with Crippen LogP contribution in [0.3, 0.4) is 0 Å². The van der Waals surface area contributed by atoms with Gasteiger partial charge in [0.25, 0.3) is 0 Å². The minimum absolute atomic E-state index is 0.238. The van der Waals surface area contributed by atoms with E-state index in [2.05, 4.69) is 20.8 Å². The van der Waals surface area contributed by atoms with E-state index in [1.807, 2.05) is 6.92 Å². The Hall–Kier alpha value is -0.0800. The average Bonchev–Trinajstić information content (AvgIpc) is 2.13. The molecule has 4 rings (SSSR count). The Morgan fingerprint density at radius 2 is 1.65 bits per heavy atom. The van der Waals surface area contributed by atoms with Crippen molar-refractivity contribution in [1.82, 2.24) is 0 Å². The minimum atomic E-state index is -0.855. The van der Waals surface area contributed by atoms with Crippen LogP contribution in [0.15, 0.2) is 0 Å². The third kappa shape index (κ3) is 1.24. The first-order valence-electron chi connectivity index (χ1n) is 7.07. The van der Waals surface area contributed by atoms with Crippen LogP contribution < -0.4 is 0 Å². The first-order valence-corrected chi connectivity index (χ1v) is 7.07. The predicted molar refractivity (Wildman–Crippen MR) is 67.5 cm³/mol. The summed E-state index contributed by atoms with van der Waals surface area (Å²) in [6.07, 6.45) is 5.35. The maximum Gasteiger partial charge on any atom is 0.0942 e. The second kappa shape index (κ2) is 2.91. The average molecular weight is 238 g/mol. The molecule has 0 aromatic rings. The van der Waals surface area contributed by atoms with Gasteiger partial charge in [0.2, 0.25) is 0 Å². The van der Waals surface area contributed by atoms with Crippen LogP contribution in [0, 0.1) is 22.7 Å². The van der Waals surface area contributed by atoms with Gasteiger partial charge in [-0.1, -0.05) is 27.2 Å². The second-order valence-electron chi connectivity index (χ2n) is 8.14. The van der Waals surface area contributed by atoms with Crippen LogP contribution in [-0.2, 0) is 0 Å². The van der Waals surface area contributed by atoms with Crippen LogP contribution in [0.2, 0.25) is 0 Å². The van der Waals surface area contributed by atoms with E-state index in [9.17, 15) is 10.2 Å². The normalized spacial score (nSPS) is 60.4. The Bertz CT molecular complexity index is 360. The molecule has 0 aromatic heterocycles. The van der Waals surface area contributed by atoms with Gasteiger partial charge in [0.1, 0.15) is 0 Å². The summed E-state index contributed by atoms with van der Waals surface area (Å²) in [5.41, 5.74) is -1.12. The Morgan fingerprint density at radius 3 is 2.24 bits per heavy atom. The van der Waals surface area contributed by atoms with Gasteiger partial charge in [-0.2, -0.15) is 0 Å². The number of hydrogen-bond acceptors (Lipinski definition) is 2. The molecule has 2 nitrogen and oxygen atoms in total. The fourth-order valence-electron chi connectivity index (χ4n) is 5.78. The lowest BCUT2D eigenvalue weighted by atomic mass is 9.35. The maximum atomic E-state index is 10.6. The highest BCUT2D eigenvalue weighted by molar-refractivity contribution is 5.24. The summed E-state index contributed by atoms with van der Waals surface area (Å²) in [5, 5.41) is 21.2. The molecule has 0 amide bonds. The van der Waals surface area contributed by atoms with Crippen molar-refractivity contribution in [2.24, 2.45) is 22.7 Å². The zero-order chi connectivity index (χ0) is 12.7. The third-order valence-corrected chi connectivity index (χ3v) is 6.48. The Balaban J connectivity index is 2.03. The van der Waals surface area contributed by atoms with Crippen molar-refractivity contribution in [2.75, 3.05) is 0 Å². The molecule has 0 aromatic carbocycles. The summed E-state index contributed by atoms with van der Waals surface area (Å²) in [5.74, 6) is 0.856. The molecule has 4 saturated carbocycles. The largest absolute Gasteiger partial charge is 0.387 e. The summed E-state index contributed by atoms with van der Waals surface area (Å²) in [6.45, 7) is 8.90. The van der Waals surface area contributed by atoms with Gasteiger partial charge < -0.3 is 10.2 Å². The summed E-state index contributed by atoms with van der Waals surface area (Å²) < 4.78 is 0. The molecule has 4 aliphatic rings. The van der Waals surface area contributed by atoms with E-state index in [1.165, 1.54) is 19.3 Å². The van der Waals surface area contributed by atoms with Crippen LogP contribution in [0.1, 0.15) is 59.8 Å². The molecule has 5 unspecified atom stereocenters. The zero-order valence-corrected chi connectivity index (χ0v) is 11.6. The molecule has 4 aliphatic carbocycles. The summed E-state index contributed by atoms with van der Waals surface area (Å²) >= 11 is 0. The Kier molecular flexibility index (Phi) is 2.05. The van der Waals surface area contributed by atoms with Gasteiger partial charge >= 0.3 is 0 Å². The highest BCUT2D eigenvalue weighted by Crippen LogP contribution is 2.71. The second-order valence-corrected chi connectivity index (χ2v) is 8.14. The SMILES string of the molecule is CC1(C)CCCC2(C)CC3(O)CC(C12)C3(C)O. The molecule has 0 spiro atoms. The molecular formula is C15H26O2. The van der Waals surface area contributed by atoms with Gasteiger partial charge in [0.15, 0.2) is 0 Å². The van der Waals surface area contributed by atoms with E-state index >= 15 is 0 Å². The first kappa shape index (κ1) is 12.0. The third-order valence-electron chi connectivity index (χ3n) is 6.48. The molecule has 2 heteroatoms. The number of rotatable bonds is 0. The summed E-state index contributed by atoms with van der Waals surface area (Å²) in [6, 6.07) is 0. The standard InChI is InChI=1S/C15H26O2/c1-12(2)6-5-7-13(3)9-15(17)8-10(11(12)13)14(15,4)16/h10-11,16-17H,5-9H2,1-4H3. The lowest BCUT2D eigenvalue weighted by Crippen LogP contribution is -2.77. The molecule has 0 radical (unpaired) electrons. The molecule has 17 heavy (non-hydrogen) atoms. The molecular weight excluding hydrogens is 212 g/mol. The lowest BCUT2D eigenvalue weighted by Gasteiger charge is -2.73. The fourth-order valence-corrected chi connectivity index (χ4v) is 5.78. The molecule has 4 fully saturated rings. The molecule has 0 saturated heterocycles. The predicted octanol–water partition coefficient (Wildman–Crippen LogP) is 2.72. The van der Waals surface area contributed by atoms with Crippen molar-refractivity contribution in [3.05, 3.63) is 0 Å². The Labute approximate surface area is 104 Å². The monoisotopic (exact) mass is 238 g/mol. The molecule has 2 N–H and O–H groups in total. The highest BCUT2D eigenvalue weighted by Gasteiger charge is 2.73. The van der Waals surface area contributed by atoms with Gasteiger partial charge in [-0.25, -0.2) is 0 Å². The molecule has 2 bridgehead atoms. The maximum absolute atomic E-state index is 10.6. The molecule has 0 heterocycles. The van der Waals surface area contributed by atoms with E-state index in [0.717, 1.165) is 12.8 Å². The van der Waals surface area contributed by atoms with Crippen LogP contribution in [-0.4, -0.2) is 21.4 Å². The smallest absolute Gasteiger partial charge is 0.0942 e. The van der Waals surface area contributed by atoms with Gasteiger partial charge in [-0.15, -0.1) is 0 Å². The van der Waals surface area contributed by atoms with Crippen molar-refractivity contribution < 1.29 is 10.2 Å². The van der Waals surface area contributed by atoms with Crippen LogP contribution >= 0.6 is 0 Å². The summed E-state index contributed by atoms with van der Waals surface area (Å²) in [4.78, 5) is 0. The van der Waals surface area contributed by atoms with E-state index in [0.29, 0.717) is 17.3 Å². The van der Waals surface area contributed by atoms with Crippen molar-refractivity contribution >= 4 is 0 Å². The van der Waals surface area contributed by atoms with Gasteiger partial charge in [-0.05, 0) is 55.3 Å². The van der Waals surface area contributed by atoms with Crippen molar-refractivity contribution in [1.29, 1.82) is 0 Å². The van der Waals surface area contributed by atoms with Gasteiger partial charge in [0, 0.05) is 0 Å². The minimum Gasteiger partial charge on any atom is -0.387 e. The number of hydrogen-bond donors (Lipinski definition) is 2. The van der Waals surface area contributed by atoms with Crippen LogP contribution in [0.5, 0.6) is 0 Å². The highest BCUT2D eigenvalue weighted by atomic mass is 16.4. The van der Waals surface area contributed by atoms with Crippen LogP contribution in [0.4, 0.5) is 0 Å². The van der Waals surface area contributed by atoms with E-state index in [1.54, 1.807) is 0 Å². The topological polar surface area (TPSA) is 40.5 Å². The molecule has 5 atom stereocenters. The van der Waals surface area contributed by atoms with Crippen molar-refractivity contribution in [3.63, 3.8) is 0 Å². The summed E-state index contributed by atoms with van der Waals surface area (Å²) in [7, 11) is 0. The van der Waals surface area contributed by atoms with Gasteiger partial charge in [0.05, 0.1) is 11.2 Å². The first-order chi connectivity index (χ1) is 7.63. The van der Waals surface area contributed by atoms with E-state index in [-0.39, 0.29) is 5.41 Å². The molecule has 98 valence electrons. The lowest BCUT2D eigenvalue weighted by molar-refractivity contribution is -0.339.